The van der Waals surface area contributed by atoms with Gasteiger partial charge in [-0.25, -0.2) is 0 Å². The molecule has 1 aliphatic rings. The van der Waals surface area contributed by atoms with Gasteiger partial charge in [0.25, 0.3) is 0 Å². The molecule has 0 aromatic heterocycles. The van der Waals surface area contributed by atoms with Crippen molar-refractivity contribution in [3.8, 4) is 0 Å². The monoisotopic (exact) mass is 155 g/mol. The van der Waals surface area contributed by atoms with Crippen molar-refractivity contribution in [1.29, 1.82) is 0 Å². The second kappa shape index (κ2) is 4.10. The van der Waals surface area contributed by atoms with Gasteiger partial charge in [-0.2, -0.15) is 0 Å². The summed E-state index contributed by atoms with van der Waals surface area (Å²) in [5.74, 6) is 2.65. The molecule has 3 unspecified atom stereocenters. The Labute approximate surface area is 70.4 Å². The van der Waals surface area contributed by atoms with E-state index >= 15 is 0 Å². The normalized spacial score (nSPS) is 39.0. The minimum Gasteiger partial charge on any atom is -0.330 e. The molecule has 0 heterocycles. The van der Waals surface area contributed by atoms with Crippen LogP contribution < -0.4 is 5.73 Å². The molecular formula is C10H21N. The Hall–Kier alpha value is -0.0400. The van der Waals surface area contributed by atoms with Crippen LogP contribution in [0.5, 0.6) is 0 Å². The maximum atomic E-state index is 5.73. The molecule has 1 nitrogen and oxygen atoms in total. The molecule has 0 spiro atoms. The summed E-state index contributed by atoms with van der Waals surface area (Å²) in [6.07, 6.45) is 5.52. The first kappa shape index (κ1) is 9.05. The fourth-order valence-corrected chi connectivity index (χ4v) is 2.62. The van der Waals surface area contributed by atoms with Gasteiger partial charge in [-0.3, -0.25) is 0 Å². The number of nitrogens with two attached hydrogens (primary N) is 1. The summed E-state index contributed by atoms with van der Waals surface area (Å²) in [6, 6.07) is 0. The van der Waals surface area contributed by atoms with Crippen molar-refractivity contribution in [3.63, 3.8) is 0 Å². The van der Waals surface area contributed by atoms with Crippen LogP contribution in [-0.4, -0.2) is 6.54 Å². The highest BCUT2D eigenvalue weighted by Crippen LogP contribution is 2.35. The molecule has 3 atom stereocenters. The number of hydrogen-bond acceptors (Lipinski definition) is 1. The SMILES string of the molecule is CCC1C(C)CCCC1CN. The summed E-state index contributed by atoms with van der Waals surface area (Å²) < 4.78 is 0. The molecule has 1 rings (SSSR count). The van der Waals surface area contributed by atoms with Crippen LogP contribution in [0, 0.1) is 17.8 Å². The Morgan fingerprint density at radius 3 is 2.55 bits per heavy atom. The number of hydrogen-bond donors (Lipinski definition) is 1. The highest BCUT2D eigenvalue weighted by Gasteiger charge is 2.27. The largest absolute Gasteiger partial charge is 0.330 e. The Morgan fingerprint density at radius 1 is 1.36 bits per heavy atom. The van der Waals surface area contributed by atoms with E-state index in [1.807, 2.05) is 0 Å². The lowest BCUT2D eigenvalue weighted by molar-refractivity contribution is 0.165. The van der Waals surface area contributed by atoms with Gasteiger partial charge < -0.3 is 5.73 Å². The van der Waals surface area contributed by atoms with Gasteiger partial charge in [-0.15, -0.1) is 0 Å². The van der Waals surface area contributed by atoms with E-state index in [9.17, 15) is 0 Å². The lowest BCUT2D eigenvalue weighted by Gasteiger charge is -2.35. The van der Waals surface area contributed by atoms with E-state index in [1.54, 1.807) is 0 Å². The fourth-order valence-electron chi connectivity index (χ4n) is 2.62. The second-order valence-corrected chi connectivity index (χ2v) is 3.98. The lowest BCUT2D eigenvalue weighted by atomic mass is 9.71. The molecule has 11 heavy (non-hydrogen) atoms. The Balaban J connectivity index is 2.48. The molecule has 0 saturated heterocycles. The zero-order valence-electron chi connectivity index (χ0n) is 7.84. The van der Waals surface area contributed by atoms with Gasteiger partial charge in [0, 0.05) is 0 Å². The zero-order chi connectivity index (χ0) is 8.27. The maximum Gasteiger partial charge on any atom is -0.00461 e. The standard InChI is InChI=1S/C10H21N/c1-3-10-8(2)5-4-6-9(10)7-11/h8-10H,3-7,11H2,1-2H3. The van der Waals surface area contributed by atoms with Crippen molar-refractivity contribution in [2.75, 3.05) is 6.54 Å². The van der Waals surface area contributed by atoms with E-state index in [2.05, 4.69) is 13.8 Å². The fraction of sp³-hybridized carbons (Fsp3) is 1.00. The van der Waals surface area contributed by atoms with Gasteiger partial charge in [0.2, 0.25) is 0 Å². The van der Waals surface area contributed by atoms with Crippen LogP contribution in [0.25, 0.3) is 0 Å². The van der Waals surface area contributed by atoms with Crippen molar-refractivity contribution in [1.82, 2.24) is 0 Å². The molecule has 0 radical (unpaired) electrons. The van der Waals surface area contributed by atoms with Gasteiger partial charge >= 0.3 is 0 Å². The van der Waals surface area contributed by atoms with Crippen LogP contribution in [0.3, 0.4) is 0 Å². The third-order valence-electron chi connectivity index (χ3n) is 3.34. The number of rotatable bonds is 2. The molecule has 0 aliphatic heterocycles. The third-order valence-corrected chi connectivity index (χ3v) is 3.34. The van der Waals surface area contributed by atoms with Crippen molar-refractivity contribution in [3.05, 3.63) is 0 Å². The summed E-state index contributed by atoms with van der Waals surface area (Å²) in [7, 11) is 0. The van der Waals surface area contributed by atoms with Gasteiger partial charge in [0.05, 0.1) is 0 Å². The van der Waals surface area contributed by atoms with E-state index in [0.717, 1.165) is 24.3 Å². The van der Waals surface area contributed by atoms with E-state index in [0.29, 0.717) is 0 Å². The van der Waals surface area contributed by atoms with E-state index in [4.69, 9.17) is 5.73 Å². The minimum atomic E-state index is 0.823. The Morgan fingerprint density at radius 2 is 2.09 bits per heavy atom. The minimum absolute atomic E-state index is 0.823. The zero-order valence-corrected chi connectivity index (χ0v) is 7.84. The van der Waals surface area contributed by atoms with Crippen LogP contribution in [0.1, 0.15) is 39.5 Å². The first-order valence-electron chi connectivity index (χ1n) is 4.99. The molecule has 0 aromatic rings. The summed E-state index contributed by atoms with van der Waals surface area (Å²) in [6.45, 7) is 5.59. The average Bonchev–Trinajstić information content (AvgIpc) is 2.04. The summed E-state index contributed by atoms with van der Waals surface area (Å²) in [4.78, 5) is 0. The second-order valence-electron chi connectivity index (χ2n) is 3.98. The van der Waals surface area contributed by atoms with Crippen LogP contribution in [0.15, 0.2) is 0 Å². The highest BCUT2D eigenvalue weighted by atomic mass is 14.6. The van der Waals surface area contributed by atoms with Crippen LogP contribution >= 0.6 is 0 Å². The highest BCUT2D eigenvalue weighted by molar-refractivity contribution is 4.79. The first-order valence-corrected chi connectivity index (χ1v) is 4.99. The predicted octanol–water partition coefficient (Wildman–Crippen LogP) is 2.41. The Bertz CT molecular complexity index is 111. The molecule has 1 saturated carbocycles. The molecule has 1 fully saturated rings. The van der Waals surface area contributed by atoms with Crippen molar-refractivity contribution >= 4 is 0 Å². The molecule has 0 amide bonds. The average molecular weight is 155 g/mol. The van der Waals surface area contributed by atoms with Gasteiger partial charge in [-0.05, 0) is 30.7 Å². The molecule has 0 bridgehead atoms. The summed E-state index contributed by atoms with van der Waals surface area (Å²) in [5.41, 5.74) is 5.73. The molecule has 66 valence electrons. The summed E-state index contributed by atoms with van der Waals surface area (Å²) in [5, 5.41) is 0. The smallest absolute Gasteiger partial charge is 0.00461 e. The van der Waals surface area contributed by atoms with Crippen molar-refractivity contribution in [2.45, 2.75) is 39.5 Å². The molecule has 1 heteroatoms. The van der Waals surface area contributed by atoms with E-state index in [-0.39, 0.29) is 0 Å². The quantitative estimate of drug-likeness (QED) is 0.651. The molecule has 0 aromatic carbocycles. The third kappa shape index (κ3) is 1.96. The van der Waals surface area contributed by atoms with Gasteiger partial charge in [0.15, 0.2) is 0 Å². The topological polar surface area (TPSA) is 26.0 Å². The van der Waals surface area contributed by atoms with Crippen LogP contribution in [0.2, 0.25) is 0 Å². The van der Waals surface area contributed by atoms with Gasteiger partial charge in [0.1, 0.15) is 0 Å². The Kier molecular flexibility index (Phi) is 3.38. The van der Waals surface area contributed by atoms with E-state index < -0.39 is 0 Å². The van der Waals surface area contributed by atoms with Crippen molar-refractivity contribution in [2.24, 2.45) is 23.5 Å². The first-order chi connectivity index (χ1) is 5.29. The lowest BCUT2D eigenvalue weighted by Crippen LogP contribution is -2.31. The van der Waals surface area contributed by atoms with Gasteiger partial charge in [-0.1, -0.05) is 33.1 Å². The maximum absolute atomic E-state index is 5.73. The van der Waals surface area contributed by atoms with Crippen molar-refractivity contribution < 1.29 is 0 Å². The molecule has 1 aliphatic carbocycles. The molecular weight excluding hydrogens is 134 g/mol. The van der Waals surface area contributed by atoms with Crippen LogP contribution in [-0.2, 0) is 0 Å². The predicted molar refractivity (Wildman–Crippen MR) is 49.3 cm³/mol. The summed E-state index contributed by atoms with van der Waals surface area (Å²) >= 11 is 0. The van der Waals surface area contributed by atoms with E-state index in [1.165, 1.54) is 25.7 Å². The van der Waals surface area contributed by atoms with Crippen LogP contribution in [0.4, 0.5) is 0 Å². The molecule has 2 N–H and O–H groups in total.